The molecule has 1 aliphatic rings. The van der Waals surface area contributed by atoms with Gasteiger partial charge in [-0.25, -0.2) is 0 Å². The maximum Gasteiger partial charge on any atom is 0.280 e. The van der Waals surface area contributed by atoms with Gasteiger partial charge in [0.25, 0.3) is 5.91 Å². The van der Waals surface area contributed by atoms with E-state index in [9.17, 15) is 4.79 Å². The summed E-state index contributed by atoms with van der Waals surface area (Å²) in [5.74, 6) is 0.940. The van der Waals surface area contributed by atoms with Crippen molar-refractivity contribution in [2.75, 3.05) is 27.4 Å². The number of aliphatic imine (C=N–C) groups is 1. The number of rotatable bonds is 6. The molecule has 8 nitrogen and oxygen atoms in total. The summed E-state index contributed by atoms with van der Waals surface area (Å²) < 4.78 is 18.8. The van der Waals surface area contributed by atoms with E-state index in [0.29, 0.717) is 29.6 Å². The molecule has 3 N–H and O–H groups in total. The summed E-state index contributed by atoms with van der Waals surface area (Å²) >= 11 is 0. The van der Waals surface area contributed by atoms with Crippen LogP contribution in [0.4, 0.5) is 0 Å². The molecule has 0 spiro atoms. The lowest BCUT2D eigenvalue weighted by molar-refractivity contribution is 0.0717. The molecule has 8 heteroatoms. The van der Waals surface area contributed by atoms with Gasteiger partial charge in [0.2, 0.25) is 0 Å². The first-order valence-corrected chi connectivity index (χ1v) is 12.0. The zero-order valence-corrected chi connectivity index (χ0v) is 20.5. The van der Waals surface area contributed by atoms with Crippen LogP contribution in [0, 0.1) is 0 Å². The maximum absolute atomic E-state index is 13.1. The number of fused-ring (bicyclic) bond motifs is 3. The number of ether oxygens (including phenoxy) is 3. The van der Waals surface area contributed by atoms with Crippen LogP contribution in [0.5, 0.6) is 11.5 Å². The van der Waals surface area contributed by atoms with Crippen molar-refractivity contribution >= 4 is 33.7 Å². The summed E-state index contributed by atoms with van der Waals surface area (Å²) in [6, 6.07) is 19.9. The predicted molar refractivity (Wildman–Crippen MR) is 141 cm³/mol. The minimum absolute atomic E-state index is 0.0260. The third-order valence-electron chi connectivity index (χ3n) is 6.71. The molecule has 0 unspecified atom stereocenters. The Hall–Kier alpha value is -4.04. The third-order valence-corrected chi connectivity index (χ3v) is 6.71. The number of hydrogen-bond donors (Lipinski definition) is 2. The van der Waals surface area contributed by atoms with Crippen LogP contribution in [0.15, 0.2) is 65.7 Å². The first kappa shape index (κ1) is 23.7. The first-order valence-electron chi connectivity index (χ1n) is 12.0. The summed E-state index contributed by atoms with van der Waals surface area (Å²) in [6.45, 7) is 1.77. The van der Waals surface area contributed by atoms with Gasteiger partial charge in [-0.15, -0.1) is 0 Å². The van der Waals surface area contributed by atoms with Crippen molar-refractivity contribution in [3.63, 3.8) is 0 Å². The highest BCUT2D eigenvalue weighted by molar-refractivity contribution is 6.11. The van der Waals surface area contributed by atoms with Crippen molar-refractivity contribution in [1.29, 1.82) is 0 Å². The van der Waals surface area contributed by atoms with E-state index >= 15 is 0 Å². The highest BCUT2D eigenvalue weighted by Gasteiger charge is 2.22. The van der Waals surface area contributed by atoms with Gasteiger partial charge in [-0.1, -0.05) is 30.3 Å². The largest absolute Gasteiger partial charge is 0.496 e. The van der Waals surface area contributed by atoms with Gasteiger partial charge in [-0.05, 0) is 43.2 Å². The lowest BCUT2D eigenvalue weighted by Gasteiger charge is -2.25. The molecular formula is C28H30N4O4. The van der Waals surface area contributed by atoms with Crippen molar-refractivity contribution in [3.8, 4) is 11.5 Å². The molecule has 1 aromatic heterocycles. The molecule has 1 saturated heterocycles. The fraction of sp³-hybridized carbons (Fsp3) is 0.286. The average Bonchev–Trinajstić information content (AvgIpc) is 3.25. The minimum atomic E-state index is -0.405. The van der Waals surface area contributed by atoms with E-state index in [1.807, 2.05) is 42.5 Å². The van der Waals surface area contributed by atoms with E-state index in [1.165, 1.54) is 10.9 Å². The van der Waals surface area contributed by atoms with Crippen LogP contribution in [0.3, 0.4) is 0 Å². The first-order chi connectivity index (χ1) is 17.6. The van der Waals surface area contributed by atoms with E-state index in [1.54, 1.807) is 14.2 Å². The van der Waals surface area contributed by atoms with Crippen molar-refractivity contribution in [1.82, 2.24) is 9.88 Å². The average molecular weight is 487 g/mol. The lowest BCUT2D eigenvalue weighted by atomic mass is 10.1. The SMILES string of the molecule is COc1cccc(OC)c1CN/C(N)=N/C(=O)c1ccc2c3ccccc3n(C3CCOCC3)c2c1. The van der Waals surface area contributed by atoms with Crippen LogP contribution in [-0.4, -0.2) is 43.9 Å². The molecule has 0 bridgehead atoms. The summed E-state index contributed by atoms with van der Waals surface area (Å²) in [5.41, 5.74) is 9.54. The standard InChI is InChI=1S/C28H30N4O4/c1-34-25-8-5-9-26(35-2)22(25)17-30-28(29)31-27(33)18-10-11-21-20-6-3-4-7-23(20)32(24(21)16-18)19-12-14-36-15-13-19/h3-11,16,19H,12-15,17H2,1-2H3,(H3,29,30,31,33). The van der Waals surface area contributed by atoms with Crippen molar-refractivity contribution < 1.29 is 19.0 Å². The lowest BCUT2D eigenvalue weighted by Crippen LogP contribution is -2.32. The Morgan fingerprint density at radius 1 is 1.00 bits per heavy atom. The highest BCUT2D eigenvalue weighted by atomic mass is 16.5. The van der Waals surface area contributed by atoms with Gasteiger partial charge in [0.15, 0.2) is 5.96 Å². The van der Waals surface area contributed by atoms with E-state index in [-0.39, 0.29) is 5.96 Å². The number of carbonyl (C=O) groups is 1. The Kier molecular flexibility index (Phi) is 6.77. The monoisotopic (exact) mass is 486 g/mol. The fourth-order valence-corrected chi connectivity index (χ4v) is 4.96. The fourth-order valence-electron chi connectivity index (χ4n) is 4.96. The van der Waals surface area contributed by atoms with Crippen LogP contribution >= 0.6 is 0 Å². The Labute approximate surface area is 209 Å². The third kappa shape index (κ3) is 4.47. The number of guanidine groups is 1. The zero-order valence-electron chi connectivity index (χ0n) is 20.5. The normalized spacial score (nSPS) is 14.8. The van der Waals surface area contributed by atoms with Crippen molar-refractivity contribution in [2.24, 2.45) is 10.7 Å². The molecule has 4 aromatic rings. The molecule has 2 heterocycles. The maximum atomic E-state index is 13.1. The van der Waals surface area contributed by atoms with Gasteiger partial charge in [0.05, 0.1) is 31.8 Å². The highest BCUT2D eigenvalue weighted by Crippen LogP contribution is 2.35. The molecular weight excluding hydrogens is 456 g/mol. The number of amides is 1. The molecule has 186 valence electrons. The number of carbonyl (C=O) groups excluding carboxylic acids is 1. The Balaban J connectivity index is 1.43. The molecule has 0 saturated carbocycles. The number of aromatic nitrogens is 1. The second-order valence-corrected chi connectivity index (χ2v) is 8.76. The van der Waals surface area contributed by atoms with E-state index in [4.69, 9.17) is 19.9 Å². The molecule has 1 aliphatic heterocycles. The Morgan fingerprint density at radius 3 is 2.42 bits per heavy atom. The number of methoxy groups -OCH3 is 2. The number of nitrogens with one attached hydrogen (secondary N) is 1. The van der Waals surface area contributed by atoms with Gasteiger partial charge in [-0.2, -0.15) is 4.99 Å². The van der Waals surface area contributed by atoms with Gasteiger partial charge in [-0.3, -0.25) is 4.79 Å². The number of benzene rings is 3. The molecule has 5 rings (SSSR count). The van der Waals surface area contributed by atoms with E-state index in [0.717, 1.165) is 42.5 Å². The van der Waals surface area contributed by atoms with Gasteiger partial charge >= 0.3 is 0 Å². The van der Waals surface area contributed by atoms with Crippen LogP contribution in [0.1, 0.15) is 34.8 Å². The Bertz CT molecular complexity index is 1410. The molecule has 3 aromatic carbocycles. The van der Waals surface area contributed by atoms with Crippen LogP contribution in [-0.2, 0) is 11.3 Å². The zero-order chi connectivity index (χ0) is 25.1. The summed E-state index contributed by atoms with van der Waals surface area (Å²) in [5, 5.41) is 5.29. The number of nitrogens with two attached hydrogens (primary N) is 1. The summed E-state index contributed by atoms with van der Waals surface area (Å²) in [6.07, 6.45) is 1.88. The molecule has 0 aliphatic carbocycles. The van der Waals surface area contributed by atoms with Crippen molar-refractivity contribution in [2.45, 2.75) is 25.4 Å². The topological polar surface area (TPSA) is 100 Å². The second-order valence-electron chi connectivity index (χ2n) is 8.76. The molecule has 1 fully saturated rings. The number of hydrogen-bond acceptors (Lipinski definition) is 4. The van der Waals surface area contributed by atoms with Crippen molar-refractivity contribution in [3.05, 3.63) is 71.8 Å². The molecule has 0 atom stereocenters. The van der Waals surface area contributed by atoms with E-state index in [2.05, 4.69) is 33.1 Å². The number of para-hydroxylation sites is 1. The van der Waals surface area contributed by atoms with Gasteiger partial charge in [0.1, 0.15) is 11.5 Å². The Morgan fingerprint density at radius 2 is 1.69 bits per heavy atom. The summed E-state index contributed by atoms with van der Waals surface area (Å²) in [4.78, 5) is 17.2. The quantitative estimate of drug-likeness (QED) is 0.309. The summed E-state index contributed by atoms with van der Waals surface area (Å²) in [7, 11) is 3.18. The number of nitrogens with zero attached hydrogens (tertiary/aromatic N) is 2. The molecule has 1 amide bonds. The van der Waals surface area contributed by atoms with Crippen LogP contribution in [0.25, 0.3) is 21.8 Å². The van der Waals surface area contributed by atoms with Gasteiger partial charge in [0, 0.05) is 41.1 Å². The second kappa shape index (κ2) is 10.3. The molecule has 36 heavy (non-hydrogen) atoms. The van der Waals surface area contributed by atoms with Crippen LogP contribution < -0.4 is 20.5 Å². The van der Waals surface area contributed by atoms with E-state index < -0.39 is 5.91 Å². The smallest absolute Gasteiger partial charge is 0.280 e. The predicted octanol–water partition coefficient (Wildman–Crippen LogP) is 4.41. The van der Waals surface area contributed by atoms with Gasteiger partial charge < -0.3 is 29.8 Å². The molecule has 0 radical (unpaired) electrons. The van der Waals surface area contributed by atoms with Crippen LogP contribution in [0.2, 0.25) is 0 Å². The minimum Gasteiger partial charge on any atom is -0.496 e.